The quantitative estimate of drug-likeness (QED) is 0.0503. The fourth-order valence-corrected chi connectivity index (χ4v) is 15.5. The molecule has 0 bridgehead atoms. The third kappa shape index (κ3) is 14.6. The number of pyridine rings is 4. The normalized spacial score (nSPS) is 18.1. The van der Waals surface area contributed by atoms with E-state index in [2.05, 4.69) is 145 Å². The number of amides is 3. The van der Waals surface area contributed by atoms with Gasteiger partial charge >= 0.3 is 0 Å². The summed E-state index contributed by atoms with van der Waals surface area (Å²) in [5.41, 5.74) is 17.8. The summed E-state index contributed by atoms with van der Waals surface area (Å²) in [5.74, 6) is 5.03. The van der Waals surface area contributed by atoms with Crippen LogP contribution in [0.2, 0.25) is 0 Å². The van der Waals surface area contributed by atoms with Crippen molar-refractivity contribution >= 4 is 80.2 Å². The van der Waals surface area contributed by atoms with Gasteiger partial charge in [-0.05, 0) is 110 Å². The van der Waals surface area contributed by atoms with Crippen molar-refractivity contribution in [1.82, 2.24) is 75.1 Å². The zero-order valence-electron chi connectivity index (χ0n) is 61.9. The van der Waals surface area contributed by atoms with E-state index in [-0.39, 0.29) is 17.7 Å². The van der Waals surface area contributed by atoms with Crippen molar-refractivity contribution in [3.05, 3.63) is 192 Å². The number of piperazine rings is 3. The van der Waals surface area contributed by atoms with Crippen LogP contribution < -0.4 is 60.8 Å². The molecule has 3 amide bonds. The molecule has 27 nitrogen and oxygen atoms in total. The molecule has 2 atom stereocenters. The highest BCUT2D eigenvalue weighted by atomic mass is 16.5. The zero-order valence-corrected chi connectivity index (χ0v) is 61.9. The Morgan fingerprint density at radius 3 is 1.37 bits per heavy atom. The standard InChI is InChI=1S/C32H31N7O2.2C25H29N7O2/c1-38-11-13-39(14-12-38)22-7-10-29(34-16-22)37-28-19-35-31(26-18-36-32(40)30(26)28)25-17-33-27-15-23(8-9-24(25)27)41-20-21-5-3-2-4-6-21;2*1-16-14-32-25(34-15-16)20(13-28-32)18-4-5-21(23-19(18)12-27-24(23)33)29-22-6-3-17(11-26-22)31-9-7-30(2)8-10-31/h2-10,15-17,19,33H,11-14,18,20H2,1H3,(H,34,37)(H,36,40);2*3-6,11,13,16H,7-10,12,14-15H2,1-2H3,(H,26,29)(H,27,33)/t;2*16-/m.00/s1. The largest absolute Gasteiger partial charge is 0.489 e. The van der Waals surface area contributed by atoms with Crippen LogP contribution in [0.1, 0.15) is 67.2 Å². The Kier molecular flexibility index (Phi) is 19.4. The second kappa shape index (κ2) is 30.3. The van der Waals surface area contributed by atoms with E-state index in [1.807, 2.05) is 138 Å². The fraction of sp³-hybridized carbons (Fsp3) is 0.329. The summed E-state index contributed by atoms with van der Waals surface area (Å²) in [4.78, 5) is 74.6. The van der Waals surface area contributed by atoms with Crippen molar-refractivity contribution < 1.29 is 28.6 Å². The molecular weight excluding hydrogens is 1380 g/mol. The van der Waals surface area contributed by atoms with Gasteiger partial charge in [0.25, 0.3) is 17.7 Å². The molecule has 3 saturated heterocycles. The predicted molar refractivity (Wildman–Crippen MR) is 422 cm³/mol. The van der Waals surface area contributed by atoms with Gasteiger partial charge in [-0.2, -0.15) is 10.2 Å². The average Bonchev–Trinajstić information content (AvgIpc) is 1.63. The monoisotopic (exact) mass is 1460 g/mol. The number of hydrogen-bond acceptors (Lipinski definition) is 21. The maximum absolute atomic E-state index is 12.9. The van der Waals surface area contributed by atoms with E-state index >= 15 is 0 Å². The second-order valence-corrected chi connectivity index (χ2v) is 29.5. The Morgan fingerprint density at radius 2 is 0.908 bits per heavy atom. The Labute approximate surface area is 632 Å². The number of nitrogens with zero attached hydrogens (tertiary/aromatic N) is 14. The molecule has 15 heterocycles. The van der Waals surface area contributed by atoms with E-state index < -0.39 is 0 Å². The van der Waals surface area contributed by atoms with E-state index in [0.29, 0.717) is 91.1 Å². The van der Waals surface area contributed by atoms with Gasteiger partial charge in [-0.1, -0.05) is 56.3 Å². The molecule has 109 heavy (non-hydrogen) atoms. The lowest BCUT2D eigenvalue weighted by molar-refractivity contribution is 0.0958. The van der Waals surface area contributed by atoms with Crippen molar-refractivity contribution in [2.24, 2.45) is 11.8 Å². The third-order valence-electron chi connectivity index (χ3n) is 21.7. The number of aromatic nitrogens is 9. The number of fused-ring (bicyclic) bond motifs is 6. The van der Waals surface area contributed by atoms with E-state index in [1.54, 1.807) is 6.20 Å². The van der Waals surface area contributed by atoms with Gasteiger partial charge in [0.2, 0.25) is 11.8 Å². The molecular formula is C82H89N21O6. The lowest BCUT2D eigenvalue weighted by Crippen LogP contribution is -2.44. The van der Waals surface area contributed by atoms with Crippen LogP contribution in [0.5, 0.6) is 17.5 Å². The summed E-state index contributed by atoms with van der Waals surface area (Å²) in [6.07, 6.45) is 13.1. The van der Waals surface area contributed by atoms with Gasteiger partial charge in [-0.25, -0.2) is 24.3 Å². The van der Waals surface area contributed by atoms with Crippen LogP contribution in [0.3, 0.4) is 0 Å². The van der Waals surface area contributed by atoms with Crippen molar-refractivity contribution in [3.8, 4) is 51.0 Å². The summed E-state index contributed by atoms with van der Waals surface area (Å²) in [5, 5.41) is 29.1. The molecule has 0 spiro atoms. The van der Waals surface area contributed by atoms with Crippen LogP contribution in [0, 0.1) is 11.8 Å². The molecule has 8 aliphatic rings. The number of benzene rings is 4. The number of anilines is 9. The highest BCUT2D eigenvalue weighted by Crippen LogP contribution is 2.44. The Morgan fingerprint density at radius 1 is 0.459 bits per heavy atom. The summed E-state index contributed by atoms with van der Waals surface area (Å²) in [6, 6.07) is 36.3. The number of rotatable bonds is 15. The van der Waals surface area contributed by atoms with Crippen molar-refractivity contribution in [1.29, 1.82) is 0 Å². The summed E-state index contributed by atoms with van der Waals surface area (Å²) < 4.78 is 21.8. The van der Waals surface area contributed by atoms with E-state index in [1.165, 1.54) is 0 Å². The Balaban J connectivity index is 0.000000120. The predicted octanol–water partition coefficient (Wildman–Crippen LogP) is 10.4. The molecule has 19 rings (SSSR count). The summed E-state index contributed by atoms with van der Waals surface area (Å²) >= 11 is 0. The Bertz CT molecular complexity index is 4980. The number of carbonyl (C=O) groups is 3. The molecule has 7 aromatic heterocycles. The number of aromatic amines is 1. The molecule has 7 N–H and O–H groups in total. The van der Waals surface area contributed by atoms with E-state index in [0.717, 1.165) is 204 Å². The minimum absolute atomic E-state index is 0.0796. The molecule has 558 valence electrons. The number of hydrogen-bond donors (Lipinski definition) is 7. The Hall–Kier alpha value is -12.1. The third-order valence-corrected chi connectivity index (χ3v) is 21.7. The number of carbonyl (C=O) groups excluding carboxylic acids is 3. The molecule has 27 heteroatoms. The van der Waals surface area contributed by atoms with Gasteiger partial charge in [0.05, 0.1) is 131 Å². The van der Waals surface area contributed by atoms with Crippen LogP contribution in [0.4, 0.5) is 51.6 Å². The zero-order chi connectivity index (χ0) is 74.2. The smallest absolute Gasteiger partial charge is 0.254 e. The minimum Gasteiger partial charge on any atom is -0.489 e. The molecule has 0 radical (unpaired) electrons. The van der Waals surface area contributed by atoms with Gasteiger partial charge < -0.3 is 80.5 Å². The molecule has 11 aromatic rings. The molecule has 4 aromatic carbocycles. The van der Waals surface area contributed by atoms with Gasteiger partial charge in [-0.15, -0.1) is 0 Å². The topological polar surface area (TPSA) is 274 Å². The van der Waals surface area contributed by atoms with Crippen LogP contribution >= 0.6 is 0 Å². The van der Waals surface area contributed by atoms with Crippen molar-refractivity contribution in [2.75, 3.05) is 144 Å². The van der Waals surface area contributed by atoms with Crippen LogP contribution in [0.15, 0.2) is 153 Å². The first-order valence-corrected chi connectivity index (χ1v) is 37.6. The number of ether oxygens (including phenoxy) is 3. The first-order chi connectivity index (χ1) is 53.2. The second-order valence-electron chi connectivity index (χ2n) is 29.5. The number of nitrogens with one attached hydrogen (secondary N) is 7. The number of H-pyrrole nitrogens is 1. The van der Waals surface area contributed by atoms with Gasteiger partial charge in [0, 0.05) is 144 Å². The molecule has 0 aliphatic carbocycles. The van der Waals surface area contributed by atoms with Gasteiger partial charge in [-0.3, -0.25) is 19.4 Å². The molecule has 8 aliphatic heterocycles. The number of likely N-dealkylation sites (N-methyl/N-ethyl adjacent to an activating group) is 3. The lowest BCUT2D eigenvalue weighted by Gasteiger charge is -2.33. The summed E-state index contributed by atoms with van der Waals surface area (Å²) in [7, 11) is 6.45. The maximum Gasteiger partial charge on any atom is 0.254 e. The first-order valence-electron chi connectivity index (χ1n) is 37.6. The summed E-state index contributed by atoms with van der Waals surface area (Å²) in [6.45, 7) is 21.5. The van der Waals surface area contributed by atoms with Crippen LogP contribution in [0.25, 0.3) is 44.4 Å². The van der Waals surface area contributed by atoms with Gasteiger partial charge in [0.15, 0.2) is 0 Å². The first kappa shape index (κ1) is 69.9. The minimum atomic E-state index is -0.114. The van der Waals surface area contributed by atoms with E-state index in [4.69, 9.17) is 19.2 Å². The maximum atomic E-state index is 12.9. The lowest BCUT2D eigenvalue weighted by atomic mass is 9.97. The van der Waals surface area contributed by atoms with Crippen molar-refractivity contribution in [2.45, 2.75) is 53.2 Å². The highest BCUT2D eigenvalue weighted by molar-refractivity contribution is 6.09. The SMILES string of the molecule is CN1CCN(c2ccc(Nc3cnc(-c4c[nH]c5cc(OCc6ccccc6)ccc45)c4c3C(=O)NC4)nc2)CC1.C[C@@H]1COc2c(-c3ccc(Nc4ccc(N5CCN(C)CC5)cn4)c4c3CNC4=O)cnn2C1.C[C@@H]1COc2c(-c3ccc(Nc4ccc(N5CCN(C)CC5)cn4)c4c3CNC4=O)cnn2C1. The van der Waals surface area contributed by atoms with E-state index in [9.17, 15) is 14.4 Å². The highest BCUT2D eigenvalue weighted by Gasteiger charge is 2.34. The van der Waals surface area contributed by atoms with Crippen molar-refractivity contribution in [3.63, 3.8) is 0 Å². The molecule has 0 saturated carbocycles. The molecule has 0 unspecified atom stereocenters. The van der Waals surface area contributed by atoms with Gasteiger partial charge in [0.1, 0.15) is 29.8 Å². The molecule has 3 fully saturated rings. The van der Waals surface area contributed by atoms with Crippen LogP contribution in [-0.2, 0) is 39.3 Å². The fourth-order valence-electron chi connectivity index (χ4n) is 15.5. The average molecular weight is 1460 g/mol. The van der Waals surface area contributed by atoms with Crippen LogP contribution in [-0.4, -0.2) is 190 Å².